The summed E-state index contributed by atoms with van der Waals surface area (Å²) in [6.45, 7) is 6.38. The minimum atomic E-state index is -0.332. The molecule has 1 unspecified atom stereocenters. The van der Waals surface area contributed by atoms with Crippen LogP contribution in [0.25, 0.3) is 0 Å². The van der Waals surface area contributed by atoms with E-state index in [1.807, 2.05) is 13.0 Å². The molecule has 4 heteroatoms. The summed E-state index contributed by atoms with van der Waals surface area (Å²) in [5, 5.41) is 0. The van der Waals surface area contributed by atoms with Crippen molar-refractivity contribution in [2.24, 2.45) is 5.41 Å². The fourth-order valence-corrected chi connectivity index (χ4v) is 2.35. The average molecular weight is 262 g/mol. The van der Waals surface area contributed by atoms with Crippen LogP contribution in [0.2, 0.25) is 0 Å². The Morgan fingerprint density at radius 3 is 2.58 bits per heavy atom. The second kappa shape index (κ2) is 4.83. The Bertz CT molecular complexity index is 495. The number of pyridine rings is 1. The molecule has 0 aliphatic heterocycles. The van der Waals surface area contributed by atoms with Gasteiger partial charge in [0.1, 0.15) is 5.82 Å². The number of hydrogen-bond donors (Lipinski definition) is 0. The van der Waals surface area contributed by atoms with Gasteiger partial charge in [0.2, 0.25) is 0 Å². The lowest BCUT2D eigenvalue weighted by Crippen LogP contribution is -2.36. The smallest absolute Gasteiger partial charge is 0.339 e. The van der Waals surface area contributed by atoms with Crippen LogP contribution in [0.4, 0.5) is 5.82 Å². The summed E-state index contributed by atoms with van der Waals surface area (Å²) in [5.74, 6) is 0.576. The number of methoxy groups -OCH3 is 1. The van der Waals surface area contributed by atoms with Crippen molar-refractivity contribution in [2.45, 2.75) is 39.7 Å². The van der Waals surface area contributed by atoms with Crippen LogP contribution in [-0.2, 0) is 4.74 Å². The molecule has 0 amide bonds. The van der Waals surface area contributed by atoms with Crippen LogP contribution in [-0.4, -0.2) is 31.2 Å². The van der Waals surface area contributed by atoms with Crippen molar-refractivity contribution >= 4 is 11.8 Å². The minimum Gasteiger partial charge on any atom is -0.465 e. The average Bonchev–Trinajstić information content (AvgIpc) is 3.15. The van der Waals surface area contributed by atoms with Gasteiger partial charge in [-0.05, 0) is 44.2 Å². The summed E-state index contributed by atoms with van der Waals surface area (Å²) in [4.78, 5) is 18.3. The van der Waals surface area contributed by atoms with E-state index in [0.29, 0.717) is 22.7 Å². The Morgan fingerprint density at radius 1 is 1.47 bits per heavy atom. The zero-order valence-corrected chi connectivity index (χ0v) is 12.4. The zero-order chi connectivity index (χ0) is 14.2. The van der Waals surface area contributed by atoms with Crippen molar-refractivity contribution < 1.29 is 9.53 Å². The van der Waals surface area contributed by atoms with E-state index in [9.17, 15) is 4.79 Å². The summed E-state index contributed by atoms with van der Waals surface area (Å²) < 4.78 is 4.74. The van der Waals surface area contributed by atoms with E-state index in [4.69, 9.17) is 4.74 Å². The fourth-order valence-electron chi connectivity index (χ4n) is 2.35. The van der Waals surface area contributed by atoms with Gasteiger partial charge < -0.3 is 9.64 Å². The number of anilines is 1. The molecule has 1 aliphatic rings. The molecule has 1 heterocycles. The first kappa shape index (κ1) is 13.8. The van der Waals surface area contributed by atoms with Gasteiger partial charge in [-0.15, -0.1) is 0 Å². The maximum Gasteiger partial charge on any atom is 0.339 e. The highest BCUT2D eigenvalue weighted by atomic mass is 16.5. The first-order chi connectivity index (χ1) is 8.89. The molecule has 0 bridgehead atoms. The van der Waals surface area contributed by atoms with E-state index < -0.39 is 0 Å². The van der Waals surface area contributed by atoms with Gasteiger partial charge in [0.25, 0.3) is 0 Å². The van der Waals surface area contributed by atoms with E-state index in [2.05, 4.69) is 30.8 Å². The zero-order valence-electron chi connectivity index (χ0n) is 12.4. The molecule has 1 saturated carbocycles. The molecule has 1 aromatic rings. The molecule has 1 aliphatic carbocycles. The van der Waals surface area contributed by atoms with Crippen LogP contribution in [0.5, 0.6) is 0 Å². The first-order valence-electron chi connectivity index (χ1n) is 6.68. The van der Waals surface area contributed by atoms with Crippen molar-refractivity contribution in [1.82, 2.24) is 4.98 Å². The summed E-state index contributed by atoms with van der Waals surface area (Å²) in [6, 6.07) is 4.13. The molecular formula is C15H22N2O2. The molecule has 1 aromatic heterocycles. The van der Waals surface area contributed by atoms with E-state index in [1.54, 1.807) is 6.07 Å². The van der Waals surface area contributed by atoms with Crippen LogP contribution < -0.4 is 4.90 Å². The van der Waals surface area contributed by atoms with Gasteiger partial charge in [-0.25, -0.2) is 9.78 Å². The summed E-state index contributed by atoms with van der Waals surface area (Å²) in [7, 11) is 3.45. The van der Waals surface area contributed by atoms with Gasteiger partial charge in [0, 0.05) is 13.1 Å². The predicted molar refractivity (Wildman–Crippen MR) is 75.5 cm³/mol. The Hall–Kier alpha value is -1.58. The van der Waals surface area contributed by atoms with Crippen LogP contribution in [0.3, 0.4) is 0 Å². The largest absolute Gasteiger partial charge is 0.465 e. The molecule has 0 radical (unpaired) electrons. The highest BCUT2D eigenvalue weighted by molar-refractivity contribution is 5.90. The highest BCUT2D eigenvalue weighted by Gasteiger charge is 2.44. The monoisotopic (exact) mass is 262 g/mol. The summed E-state index contributed by atoms with van der Waals surface area (Å²) in [5.41, 5.74) is 1.65. The topological polar surface area (TPSA) is 42.4 Å². The third-order valence-corrected chi connectivity index (χ3v) is 4.47. The first-order valence-corrected chi connectivity index (χ1v) is 6.68. The van der Waals surface area contributed by atoms with Gasteiger partial charge in [0.15, 0.2) is 0 Å². The normalized spacial score (nSPS) is 17.7. The molecule has 1 atom stereocenters. The quantitative estimate of drug-likeness (QED) is 0.783. The molecule has 2 rings (SSSR count). The van der Waals surface area contributed by atoms with E-state index in [0.717, 1.165) is 5.82 Å². The lowest BCUT2D eigenvalue weighted by molar-refractivity contribution is 0.0599. The Morgan fingerprint density at radius 2 is 2.11 bits per heavy atom. The molecule has 0 spiro atoms. The van der Waals surface area contributed by atoms with E-state index >= 15 is 0 Å². The van der Waals surface area contributed by atoms with Gasteiger partial charge in [-0.1, -0.05) is 6.92 Å². The van der Waals surface area contributed by atoms with E-state index in [-0.39, 0.29) is 5.97 Å². The van der Waals surface area contributed by atoms with Crippen molar-refractivity contribution in [2.75, 3.05) is 19.1 Å². The van der Waals surface area contributed by atoms with Crippen molar-refractivity contribution in [3.63, 3.8) is 0 Å². The van der Waals surface area contributed by atoms with Crippen LogP contribution >= 0.6 is 0 Å². The van der Waals surface area contributed by atoms with Gasteiger partial charge in [0.05, 0.1) is 18.4 Å². The number of carbonyl (C=O) groups is 1. The van der Waals surface area contributed by atoms with Gasteiger partial charge in [-0.3, -0.25) is 0 Å². The Kier molecular flexibility index (Phi) is 3.52. The van der Waals surface area contributed by atoms with Crippen molar-refractivity contribution in [3.8, 4) is 0 Å². The number of aromatic nitrogens is 1. The highest BCUT2D eigenvalue weighted by Crippen LogP contribution is 2.50. The lowest BCUT2D eigenvalue weighted by atomic mass is 9.99. The summed E-state index contributed by atoms with van der Waals surface area (Å²) in [6.07, 6.45) is 2.55. The van der Waals surface area contributed by atoms with Crippen molar-refractivity contribution in [3.05, 3.63) is 23.4 Å². The number of ether oxygens (including phenoxy) is 1. The van der Waals surface area contributed by atoms with Crippen molar-refractivity contribution in [1.29, 1.82) is 0 Å². The molecule has 104 valence electrons. The lowest BCUT2D eigenvalue weighted by Gasteiger charge is -2.31. The van der Waals surface area contributed by atoms with Crippen LogP contribution in [0, 0.1) is 12.3 Å². The Balaban J connectivity index is 2.22. The molecule has 4 nitrogen and oxygen atoms in total. The van der Waals surface area contributed by atoms with Gasteiger partial charge in [-0.2, -0.15) is 0 Å². The minimum absolute atomic E-state index is 0.332. The number of rotatable bonds is 4. The second-order valence-electron chi connectivity index (χ2n) is 5.73. The van der Waals surface area contributed by atoms with E-state index in [1.165, 1.54) is 20.0 Å². The standard InChI is InChI=1S/C15H22N2O2/c1-10-12(14(18)19-5)6-7-13(16-10)17(4)11(2)15(3)8-9-15/h6-7,11H,8-9H2,1-5H3. The third kappa shape index (κ3) is 2.57. The van der Waals surface area contributed by atoms with Gasteiger partial charge >= 0.3 is 5.97 Å². The molecule has 0 saturated heterocycles. The molecule has 0 N–H and O–H groups in total. The third-order valence-electron chi connectivity index (χ3n) is 4.47. The Labute approximate surface area is 114 Å². The SMILES string of the molecule is COC(=O)c1ccc(N(C)C(C)C2(C)CC2)nc1C. The summed E-state index contributed by atoms with van der Waals surface area (Å²) >= 11 is 0. The maximum absolute atomic E-state index is 11.5. The molecule has 19 heavy (non-hydrogen) atoms. The number of hydrogen-bond acceptors (Lipinski definition) is 4. The predicted octanol–water partition coefficient (Wildman–Crippen LogP) is 2.80. The fraction of sp³-hybridized carbons (Fsp3) is 0.600. The molecular weight excluding hydrogens is 240 g/mol. The number of carbonyl (C=O) groups excluding carboxylic acids is 1. The number of nitrogens with zero attached hydrogens (tertiary/aromatic N) is 2. The molecule has 1 fully saturated rings. The maximum atomic E-state index is 11.5. The number of aryl methyl sites for hydroxylation is 1. The number of esters is 1. The van der Waals surface area contributed by atoms with Crippen LogP contribution in [0.15, 0.2) is 12.1 Å². The second-order valence-corrected chi connectivity index (χ2v) is 5.73. The molecule has 0 aromatic carbocycles. The van der Waals surface area contributed by atoms with Crippen LogP contribution in [0.1, 0.15) is 42.7 Å².